The molecule has 1 unspecified atom stereocenters. The number of rotatable bonds is 3. The van der Waals surface area contributed by atoms with Crippen molar-refractivity contribution in [2.24, 2.45) is 5.73 Å². The number of aryl methyl sites for hydroxylation is 1. The number of alkyl halides is 1. The van der Waals surface area contributed by atoms with Crippen LogP contribution in [0.15, 0.2) is 18.2 Å². The van der Waals surface area contributed by atoms with E-state index in [0.717, 1.165) is 0 Å². The van der Waals surface area contributed by atoms with E-state index in [9.17, 15) is 0 Å². The van der Waals surface area contributed by atoms with Gasteiger partial charge in [-0.1, -0.05) is 32.0 Å². The molecule has 1 rings (SSSR count). The van der Waals surface area contributed by atoms with Crippen LogP contribution in [0.1, 0.15) is 42.5 Å². The molecule has 0 aromatic heterocycles. The highest BCUT2D eigenvalue weighted by Crippen LogP contribution is 2.22. The number of hydrogen-bond acceptors (Lipinski definition) is 1. The molecule has 2 N–H and O–H groups in total. The molecule has 1 nitrogen and oxygen atoms in total. The van der Waals surface area contributed by atoms with E-state index < -0.39 is 0 Å². The van der Waals surface area contributed by atoms with Gasteiger partial charge >= 0.3 is 0 Å². The van der Waals surface area contributed by atoms with Crippen molar-refractivity contribution in [1.29, 1.82) is 0 Å². The molecule has 0 heterocycles. The van der Waals surface area contributed by atoms with Gasteiger partial charge in [-0.15, -0.1) is 11.6 Å². The zero-order valence-electron chi connectivity index (χ0n) is 9.05. The Balaban J connectivity index is 3.08. The molecule has 1 atom stereocenters. The minimum atomic E-state index is -0.0460. The van der Waals surface area contributed by atoms with Gasteiger partial charge in [0.2, 0.25) is 0 Å². The summed E-state index contributed by atoms with van der Waals surface area (Å²) < 4.78 is 0. The van der Waals surface area contributed by atoms with Crippen LogP contribution in [0.25, 0.3) is 0 Å². The summed E-state index contributed by atoms with van der Waals surface area (Å²) in [4.78, 5) is 0. The number of hydrogen-bond donors (Lipinski definition) is 1. The van der Waals surface area contributed by atoms with E-state index in [1.807, 2.05) is 0 Å². The minimum Gasteiger partial charge on any atom is -0.323 e. The molecule has 0 aliphatic rings. The zero-order valence-corrected chi connectivity index (χ0v) is 9.81. The van der Waals surface area contributed by atoms with Gasteiger partial charge in [0.25, 0.3) is 0 Å². The van der Waals surface area contributed by atoms with Gasteiger partial charge in [-0.05, 0) is 29.5 Å². The van der Waals surface area contributed by atoms with Gasteiger partial charge in [-0.25, -0.2) is 0 Å². The smallest absolute Gasteiger partial charge is 0.0435 e. The lowest BCUT2D eigenvalue weighted by Gasteiger charge is -2.15. The van der Waals surface area contributed by atoms with Crippen LogP contribution in [-0.2, 0) is 0 Å². The van der Waals surface area contributed by atoms with E-state index in [0.29, 0.717) is 11.8 Å². The Morgan fingerprint density at radius 3 is 2.50 bits per heavy atom. The average Bonchev–Trinajstić information content (AvgIpc) is 2.17. The summed E-state index contributed by atoms with van der Waals surface area (Å²) in [5, 5.41) is 0. The SMILES string of the molecule is Cc1ccc(C(C)C)cc1C(N)CCl. The van der Waals surface area contributed by atoms with Gasteiger partial charge < -0.3 is 5.73 Å². The predicted octanol–water partition coefficient (Wildman–Crippen LogP) is 3.36. The summed E-state index contributed by atoms with van der Waals surface area (Å²) in [7, 11) is 0. The molecule has 0 amide bonds. The summed E-state index contributed by atoms with van der Waals surface area (Å²) in [5.41, 5.74) is 9.65. The van der Waals surface area contributed by atoms with Crippen molar-refractivity contribution in [2.45, 2.75) is 32.7 Å². The Kier molecular flexibility index (Phi) is 3.97. The summed E-state index contributed by atoms with van der Waals surface area (Å²) >= 11 is 5.77. The second-order valence-corrected chi connectivity index (χ2v) is 4.34. The molecule has 0 fully saturated rings. The van der Waals surface area contributed by atoms with Crippen LogP contribution in [-0.4, -0.2) is 5.88 Å². The average molecular weight is 212 g/mol. The van der Waals surface area contributed by atoms with E-state index in [4.69, 9.17) is 17.3 Å². The number of benzene rings is 1. The molecule has 1 aromatic rings. The normalized spacial score (nSPS) is 13.3. The Hall–Kier alpha value is -0.530. The molecule has 0 aliphatic carbocycles. The molecular weight excluding hydrogens is 194 g/mol. The summed E-state index contributed by atoms with van der Waals surface area (Å²) in [6.07, 6.45) is 0. The van der Waals surface area contributed by atoms with Crippen molar-refractivity contribution in [2.75, 3.05) is 5.88 Å². The zero-order chi connectivity index (χ0) is 10.7. The van der Waals surface area contributed by atoms with Crippen molar-refractivity contribution < 1.29 is 0 Å². The van der Waals surface area contributed by atoms with Crippen molar-refractivity contribution in [1.82, 2.24) is 0 Å². The second-order valence-electron chi connectivity index (χ2n) is 4.03. The lowest BCUT2D eigenvalue weighted by molar-refractivity contribution is 0.802. The van der Waals surface area contributed by atoms with Gasteiger partial charge in [0.05, 0.1) is 0 Å². The third-order valence-electron chi connectivity index (χ3n) is 2.54. The van der Waals surface area contributed by atoms with Crippen LogP contribution in [0.2, 0.25) is 0 Å². The third kappa shape index (κ3) is 2.49. The predicted molar refractivity (Wildman–Crippen MR) is 62.9 cm³/mol. The van der Waals surface area contributed by atoms with Crippen LogP contribution in [0.3, 0.4) is 0 Å². The molecule has 0 saturated carbocycles. The van der Waals surface area contributed by atoms with Crippen molar-refractivity contribution in [3.63, 3.8) is 0 Å². The molecule has 2 heteroatoms. The Labute approximate surface area is 91.3 Å². The fourth-order valence-corrected chi connectivity index (χ4v) is 1.67. The van der Waals surface area contributed by atoms with Gasteiger partial charge in [-0.3, -0.25) is 0 Å². The monoisotopic (exact) mass is 211 g/mol. The van der Waals surface area contributed by atoms with Crippen LogP contribution < -0.4 is 5.73 Å². The standard InChI is InChI=1S/C12H18ClN/c1-8(2)10-5-4-9(3)11(6-10)12(14)7-13/h4-6,8,12H,7,14H2,1-3H3. The van der Waals surface area contributed by atoms with Crippen LogP contribution in [0.4, 0.5) is 0 Å². The minimum absolute atomic E-state index is 0.0460. The number of halogens is 1. The van der Waals surface area contributed by atoms with Gasteiger partial charge in [-0.2, -0.15) is 0 Å². The fraction of sp³-hybridized carbons (Fsp3) is 0.500. The van der Waals surface area contributed by atoms with E-state index in [-0.39, 0.29) is 6.04 Å². The molecular formula is C12H18ClN. The van der Waals surface area contributed by atoms with Crippen molar-refractivity contribution >= 4 is 11.6 Å². The van der Waals surface area contributed by atoms with Crippen LogP contribution >= 0.6 is 11.6 Å². The fourth-order valence-electron chi connectivity index (χ4n) is 1.50. The maximum absolute atomic E-state index is 5.93. The van der Waals surface area contributed by atoms with E-state index in [1.54, 1.807) is 0 Å². The molecule has 0 aliphatic heterocycles. The lowest BCUT2D eigenvalue weighted by Crippen LogP contribution is -2.13. The highest BCUT2D eigenvalue weighted by molar-refractivity contribution is 6.18. The Morgan fingerprint density at radius 1 is 1.36 bits per heavy atom. The van der Waals surface area contributed by atoms with Gasteiger partial charge in [0.15, 0.2) is 0 Å². The van der Waals surface area contributed by atoms with E-state index in [1.165, 1.54) is 16.7 Å². The third-order valence-corrected chi connectivity index (χ3v) is 2.87. The summed E-state index contributed by atoms with van der Waals surface area (Å²) in [5.74, 6) is 1.01. The molecule has 0 saturated heterocycles. The largest absolute Gasteiger partial charge is 0.323 e. The molecule has 0 spiro atoms. The highest BCUT2D eigenvalue weighted by atomic mass is 35.5. The molecule has 14 heavy (non-hydrogen) atoms. The quantitative estimate of drug-likeness (QED) is 0.763. The Bertz CT molecular complexity index is 307. The maximum Gasteiger partial charge on any atom is 0.0435 e. The lowest BCUT2D eigenvalue weighted by atomic mass is 9.95. The molecule has 1 aromatic carbocycles. The molecule has 0 bridgehead atoms. The van der Waals surface area contributed by atoms with Gasteiger partial charge in [0.1, 0.15) is 0 Å². The maximum atomic E-state index is 5.93. The van der Waals surface area contributed by atoms with E-state index >= 15 is 0 Å². The highest BCUT2D eigenvalue weighted by Gasteiger charge is 2.09. The first-order chi connectivity index (χ1) is 6.56. The van der Waals surface area contributed by atoms with Crippen LogP contribution in [0, 0.1) is 6.92 Å². The van der Waals surface area contributed by atoms with Crippen molar-refractivity contribution in [3.8, 4) is 0 Å². The van der Waals surface area contributed by atoms with Gasteiger partial charge in [0, 0.05) is 11.9 Å². The second kappa shape index (κ2) is 4.81. The molecule has 78 valence electrons. The first-order valence-electron chi connectivity index (χ1n) is 4.98. The first-order valence-corrected chi connectivity index (χ1v) is 5.51. The Morgan fingerprint density at radius 2 is 2.00 bits per heavy atom. The summed E-state index contributed by atoms with van der Waals surface area (Å²) in [6.45, 7) is 6.44. The molecule has 0 radical (unpaired) electrons. The summed E-state index contributed by atoms with van der Waals surface area (Å²) in [6, 6.07) is 6.41. The topological polar surface area (TPSA) is 26.0 Å². The van der Waals surface area contributed by atoms with E-state index in [2.05, 4.69) is 39.0 Å². The number of nitrogens with two attached hydrogens (primary N) is 1. The van der Waals surface area contributed by atoms with Crippen LogP contribution in [0.5, 0.6) is 0 Å². The van der Waals surface area contributed by atoms with Crippen molar-refractivity contribution in [3.05, 3.63) is 34.9 Å². The first kappa shape index (κ1) is 11.5.